The van der Waals surface area contributed by atoms with Crippen molar-refractivity contribution in [2.75, 3.05) is 47.8 Å². The third kappa shape index (κ3) is 5.24. The van der Waals surface area contributed by atoms with Gasteiger partial charge in [-0.2, -0.15) is 0 Å². The monoisotopic (exact) mass is 499 g/mol. The Balaban J connectivity index is 1.28. The lowest BCUT2D eigenvalue weighted by molar-refractivity contribution is 0.0724. The molecule has 194 valence electrons. The maximum absolute atomic E-state index is 13.8. The predicted octanol–water partition coefficient (Wildman–Crippen LogP) is 4.23. The van der Waals surface area contributed by atoms with Crippen LogP contribution in [0.15, 0.2) is 49.1 Å². The van der Waals surface area contributed by atoms with Gasteiger partial charge in [-0.25, -0.2) is 9.97 Å². The molecule has 0 unspecified atom stereocenters. The Kier molecular flexibility index (Phi) is 7.26. The second-order valence-corrected chi connectivity index (χ2v) is 10.3. The number of amides is 1. The lowest BCUT2D eigenvalue weighted by Gasteiger charge is -2.41. The van der Waals surface area contributed by atoms with Crippen LogP contribution in [0.4, 0.5) is 17.3 Å². The zero-order valence-electron chi connectivity index (χ0n) is 22.3. The van der Waals surface area contributed by atoms with Crippen LogP contribution in [0.3, 0.4) is 0 Å². The van der Waals surface area contributed by atoms with Crippen molar-refractivity contribution < 1.29 is 4.79 Å². The summed E-state index contributed by atoms with van der Waals surface area (Å²) in [6.45, 7) is 12.5. The first-order valence-corrected chi connectivity index (χ1v) is 13.3. The zero-order valence-corrected chi connectivity index (χ0v) is 22.3. The third-order valence-corrected chi connectivity index (χ3v) is 7.76. The van der Waals surface area contributed by atoms with Crippen molar-refractivity contribution in [2.24, 2.45) is 0 Å². The maximum Gasteiger partial charge on any atom is 0.254 e. The Morgan fingerprint density at radius 2 is 1.73 bits per heavy atom. The van der Waals surface area contributed by atoms with Gasteiger partial charge < -0.3 is 20.0 Å². The molecule has 2 fully saturated rings. The molecule has 1 amide bonds. The number of nitrogens with one attached hydrogen (secondary N) is 1. The molecule has 8 heteroatoms. The van der Waals surface area contributed by atoms with Gasteiger partial charge in [0, 0.05) is 74.6 Å². The highest BCUT2D eigenvalue weighted by molar-refractivity contribution is 5.99. The first-order chi connectivity index (χ1) is 17.9. The van der Waals surface area contributed by atoms with Gasteiger partial charge in [-0.05, 0) is 69.4 Å². The van der Waals surface area contributed by atoms with Crippen LogP contribution in [-0.2, 0) is 0 Å². The normalized spacial score (nSPS) is 18.7. The Labute approximate surface area is 219 Å². The molecule has 4 heterocycles. The first-order valence-electron chi connectivity index (χ1n) is 13.3. The molecule has 0 spiro atoms. The average Bonchev–Trinajstić information content (AvgIpc) is 2.92. The maximum atomic E-state index is 13.8. The van der Waals surface area contributed by atoms with Crippen molar-refractivity contribution in [1.82, 2.24) is 19.9 Å². The van der Waals surface area contributed by atoms with E-state index in [0.717, 1.165) is 66.5 Å². The Morgan fingerprint density at radius 1 is 0.946 bits per heavy atom. The summed E-state index contributed by atoms with van der Waals surface area (Å²) < 4.78 is 0. The number of pyridine rings is 1. The van der Waals surface area contributed by atoms with Crippen LogP contribution in [0.1, 0.15) is 46.8 Å². The number of hydrogen-bond donors (Lipinski definition) is 1. The summed E-state index contributed by atoms with van der Waals surface area (Å²) in [5.74, 6) is 2.04. The molecule has 2 aromatic heterocycles. The highest BCUT2D eigenvalue weighted by Crippen LogP contribution is 2.31. The number of nitrogens with zero attached hydrogens (tertiary/aromatic N) is 6. The van der Waals surface area contributed by atoms with E-state index in [9.17, 15) is 4.79 Å². The molecule has 37 heavy (non-hydrogen) atoms. The van der Waals surface area contributed by atoms with E-state index in [4.69, 9.17) is 0 Å². The van der Waals surface area contributed by atoms with Crippen LogP contribution < -0.4 is 15.1 Å². The van der Waals surface area contributed by atoms with Crippen molar-refractivity contribution in [3.8, 4) is 0 Å². The number of aryl methyl sites for hydroxylation is 2. The zero-order chi connectivity index (χ0) is 25.9. The Hall–Kier alpha value is -3.68. The molecule has 3 aromatic rings. The highest BCUT2D eigenvalue weighted by atomic mass is 16.2. The van der Waals surface area contributed by atoms with E-state index < -0.39 is 0 Å². The van der Waals surface area contributed by atoms with Crippen LogP contribution in [0.5, 0.6) is 0 Å². The lowest BCUT2D eigenvalue weighted by atomic mass is 9.94. The number of hydrogen-bond acceptors (Lipinski definition) is 7. The second-order valence-electron chi connectivity index (χ2n) is 10.3. The minimum atomic E-state index is 0.128. The number of carbonyl (C=O) groups is 1. The van der Waals surface area contributed by atoms with Crippen molar-refractivity contribution >= 4 is 23.2 Å². The third-order valence-electron chi connectivity index (χ3n) is 7.76. The number of piperazine rings is 1. The lowest BCUT2D eigenvalue weighted by Crippen LogP contribution is -2.54. The molecular formula is C29H37N7O. The van der Waals surface area contributed by atoms with Gasteiger partial charge in [0.2, 0.25) is 0 Å². The minimum absolute atomic E-state index is 0.128. The fourth-order valence-corrected chi connectivity index (χ4v) is 5.81. The molecule has 1 atom stereocenters. The van der Waals surface area contributed by atoms with E-state index in [0.29, 0.717) is 19.1 Å². The van der Waals surface area contributed by atoms with Crippen LogP contribution >= 0.6 is 0 Å². The Morgan fingerprint density at radius 3 is 2.41 bits per heavy atom. The summed E-state index contributed by atoms with van der Waals surface area (Å²) in [5.41, 5.74) is 5.23. The molecule has 0 bridgehead atoms. The van der Waals surface area contributed by atoms with Gasteiger partial charge in [0.05, 0.1) is 6.20 Å². The summed E-state index contributed by atoms with van der Waals surface area (Å²) in [4.78, 5) is 33.6. The molecule has 5 rings (SSSR count). The van der Waals surface area contributed by atoms with Crippen LogP contribution in [0.25, 0.3) is 0 Å². The molecule has 2 saturated heterocycles. The quantitative estimate of drug-likeness (QED) is 0.563. The second kappa shape index (κ2) is 10.7. The van der Waals surface area contributed by atoms with Gasteiger partial charge >= 0.3 is 0 Å². The van der Waals surface area contributed by atoms with Gasteiger partial charge in [0.15, 0.2) is 0 Å². The van der Waals surface area contributed by atoms with Crippen molar-refractivity contribution in [3.05, 3.63) is 71.3 Å². The van der Waals surface area contributed by atoms with E-state index in [1.54, 1.807) is 12.4 Å². The number of anilines is 3. The first kappa shape index (κ1) is 25.0. The molecule has 1 N–H and O–H groups in total. The summed E-state index contributed by atoms with van der Waals surface area (Å²) in [6.07, 6.45) is 9.14. The number of aromatic nitrogens is 3. The fourth-order valence-electron chi connectivity index (χ4n) is 5.81. The van der Waals surface area contributed by atoms with Gasteiger partial charge in [-0.1, -0.05) is 12.1 Å². The largest absolute Gasteiger partial charge is 0.382 e. The molecule has 0 saturated carbocycles. The van der Waals surface area contributed by atoms with E-state index in [2.05, 4.69) is 63.8 Å². The highest BCUT2D eigenvalue weighted by Gasteiger charge is 2.30. The molecule has 8 nitrogen and oxygen atoms in total. The predicted molar refractivity (Wildman–Crippen MR) is 148 cm³/mol. The number of carbonyl (C=O) groups excluding carboxylic acids is 1. The van der Waals surface area contributed by atoms with E-state index >= 15 is 0 Å². The van der Waals surface area contributed by atoms with Crippen molar-refractivity contribution in [2.45, 2.75) is 52.6 Å². The minimum Gasteiger partial charge on any atom is -0.382 e. The topological polar surface area (TPSA) is 77.5 Å². The molecule has 2 aliphatic rings. The van der Waals surface area contributed by atoms with Crippen LogP contribution in [0, 0.1) is 20.8 Å². The van der Waals surface area contributed by atoms with E-state index in [-0.39, 0.29) is 11.9 Å². The number of benzene rings is 1. The van der Waals surface area contributed by atoms with Crippen molar-refractivity contribution in [3.63, 3.8) is 0 Å². The van der Waals surface area contributed by atoms with Gasteiger partial charge in [-0.15, -0.1) is 0 Å². The molecule has 0 aliphatic carbocycles. The molecular weight excluding hydrogens is 462 g/mol. The average molecular weight is 500 g/mol. The summed E-state index contributed by atoms with van der Waals surface area (Å²) in [6, 6.07) is 8.71. The van der Waals surface area contributed by atoms with Gasteiger partial charge in [0.1, 0.15) is 11.6 Å². The summed E-state index contributed by atoms with van der Waals surface area (Å²) in [5, 5.41) is 3.80. The van der Waals surface area contributed by atoms with Gasteiger partial charge in [-0.3, -0.25) is 9.78 Å². The molecule has 1 aromatic carbocycles. The van der Waals surface area contributed by atoms with E-state index in [1.165, 1.54) is 5.56 Å². The van der Waals surface area contributed by atoms with Crippen molar-refractivity contribution in [1.29, 1.82) is 0 Å². The fraction of sp³-hybridized carbons (Fsp3) is 0.448. The van der Waals surface area contributed by atoms with E-state index in [1.807, 2.05) is 35.5 Å². The van der Waals surface area contributed by atoms with Crippen LogP contribution in [-0.4, -0.2) is 70.6 Å². The summed E-state index contributed by atoms with van der Waals surface area (Å²) >= 11 is 0. The SMILES string of the molecule is Cc1cc(C)c(C(=O)N2CCN(c3ccccn3)[C@@H](C)C2)c(C)c1NC1CCN(c2cnccn2)CC1. The molecule has 0 radical (unpaired) electrons. The number of rotatable bonds is 5. The molecule has 2 aliphatic heterocycles. The smallest absolute Gasteiger partial charge is 0.254 e. The van der Waals surface area contributed by atoms with Crippen LogP contribution in [0.2, 0.25) is 0 Å². The Bertz CT molecular complexity index is 1230. The van der Waals surface area contributed by atoms with Gasteiger partial charge in [0.25, 0.3) is 5.91 Å². The number of piperidine rings is 1. The standard InChI is InChI=1S/C29H37N7O/c1-20-17-21(2)28(33-24-8-13-34(14-9-24)26-18-30-11-12-32-26)23(4)27(20)29(37)35-15-16-36(22(3)19-35)25-7-5-6-10-31-25/h5-7,10-12,17-18,22,24,33H,8-9,13-16,19H2,1-4H3/t22-/m0/s1. The summed E-state index contributed by atoms with van der Waals surface area (Å²) in [7, 11) is 0.